The van der Waals surface area contributed by atoms with Gasteiger partial charge < -0.3 is 25.0 Å². The van der Waals surface area contributed by atoms with Gasteiger partial charge in [-0.3, -0.25) is 18.8 Å². The smallest absolute Gasteiger partial charge is 0.488 e. The number of alkyl halides is 1. The third-order valence-corrected chi connectivity index (χ3v) is 10.8. The number of aromatic nitrogens is 1. The van der Waals surface area contributed by atoms with Crippen LogP contribution >= 0.6 is 15.9 Å². The number of pyridine rings is 1. The molecule has 12 nitrogen and oxygen atoms in total. The number of carbonyl (C=O) groups excluding carboxylic acids is 6. The molecule has 2 aliphatic carbocycles. The van der Waals surface area contributed by atoms with Gasteiger partial charge >= 0.3 is 12.1 Å². The van der Waals surface area contributed by atoms with E-state index in [2.05, 4.69) is 38.3 Å². The number of alkyl carbamates (subject to hydrolysis) is 1. The number of para-hydroxylation sites is 1. The summed E-state index contributed by atoms with van der Waals surface area (Å²) in [6, 6.07) is 5.26. The van der Waals surface area contributed by atoms with Crippen molar-refractivity contribution < 1.29 is 37.9 Å². The highest BCUT2D eigenvalue weighted by atomic mass is 79.9. The highest BCUT2D eigenvalue weighted by Gasteiger charge is 2.68. The molecule has 0 spiro atoms. The monoisotopic (exact) mass is 751 g/mol. The van der Waals surface area contributed by atoms with Crippen molar-refractivity contribution in [2.75, 3.05) is 11.9 Å². The first-order chi connectivity index (χ1) is 24.1. The summed E-state index contributed by atoms with van der Waals surface area (Å²) >= 11 is 3.23. The number of hydrogen-bond donors (Lipinski definition) is 2. The van der Waals surface area contributed by atoms with Gasteiger partial charge in [-0.1, -0.05) is 53.1 Å². The lowest BCUT2D eigenvalue weighted by Crippen LogP contribution is -2.56. The van der Waals surface area contributed by atoms with Crippen LogP contribution in [0.3, 0.4) is 0 Å². The van der Waals surface area contributed by atoms with Crippen molar-refractivity contribution in [2.45, 2.75) is 107 Å². The molecule has 4 aliphatic rings. The van der Waals surface area contributed by atoms with Crippen molar-refractivity contribution in [1.82, 2.24) is 20.5 Å². The van der Waals surface area contributed by atoms with Gasteiger partial charge in [0.25, 0.3) is 0 Å². The SMILES string of the molecule is C=[O+]C(=O)[C@@]12CC1/C=C\CCCCC[C@H](NC(=O)OC1CCCC1)C(=O)N1C[C@H](Oc3cc(C(=O)CBr)nc4c(C)cccc34)C[C@H]1C(=O)N2. The van der Waals surface area contributed by atoms with Crippen LogP contribution in [-0.2, 0) is 23.5 Å². The molecule has 3 fully saturated rings. The van der Waals surface area contributed by atoms with E-state index < -0.39 is 47.6 Å². The van der Waals surface area contributed by atoms with E-state index in [0.717, 1.165) is 50.5 Å². The second-order valence-electron chi connectivity index (χ2n) is 13.8. The van der Waals surface area contributed by atoms with Crippen molar-refractivity contribution in [3.8, 4) is 5.75 Å². The predicted octanol–water partition coefficient (Wildman–Crippen LogP) is 4.79. The second kappa shape index (κ2) is 15.4. The number of ketones is 1. The van der Waals surface area contributed by atoms with Crippen LogP contribution in [-0.4, -0.2) is 88.0 Å². The molecule has 5 atom stereocenters. The molecule has 2 saturated carbocycles. The minimum absolute atomic E-state index is 0.0280. The molecule has 1 aromatic heterocycles. The van der Waals surface area contributed by atoms with Crippen LogP contribution in [0.25, 0.3) is 10.9 Å². The number of nitrogens with one attached hydrogen (secondary N) is 2. The summed E-state index contributed by atoms with van der Waals surface area (Å²) in [5, 5.41) is 6.50. The third kappa shape index (κ3) is 7.62. The van der Waals surface area contributed by atoms with Gasteiger partial charge in [0.1, 0.15) is 35.7 Å². The Morgan fingerprint density at radius 1 is 1.12 bits per heavy atom. The molecule has 0 radical (unpaired) electrons. The normalized spacial score (nSPS) is 28.0. The second-order valence-corrected chi connectivity index (χ2v) is 14.4. The molecule has 3 amide bonds. The third-order valence-electron chi connectivity index (χ3n) is 10.3. The molecule has 2 N–H and O–H groups in total. The number of aryl methyl sites for hydroxylation is 1. The average Bonchev–Trinajstić information content (AvgIpc) is 3.38. The molecule has 6 rings (SSSR count). The Morgan fingerprint density at radius 3 is 2.66 bits per heavy atom. The first kappa shape index (κ1) is 35.7. The molecular formula is C37H44BrN4O8+. The number of hydrogen-bond acceptors (Lipinski definition) is 8. The number of Topliss-reactive ketones (excluding diaryl/α,β-unsaturated/α-hetero) is 1. The van der Waals surface area contributed by atoms with E-state index in [-0.39, 0.29) is 41.8 Å². The summed E-state index contributed by atoms with van der Waals surface area (Å²) in [6.07, 6.45) is 9.96. The van der Waals surface area contributed by atoms with E-state index in [1.54, 1.807) is 6.07 Å². The van der Waals surface area contributed by atoms with E-state index in [4.69, 9.17) is 13.9 Å². The lowest BCUT2D eigenvalue weighted by Gasteiger charge is -2.29. The molecule has 3 heterocycles. The van der Waals surface area contributed by atoms with Crippen LogP contribution in [0.1, 0.15) is 86.7 Å². The minimum atomic E-state index is -1.28. The molecule has 0 bridgehead atoms. The number of benzene rings is 1. The lowest BCUT2D eigenvalue weighted by molar-refractivity contribution is -0.372. The maximum atomic E-state index is 14.4. The zero-order valence-electron chi connectivity index (χ0n) is 28.3. The number of ether oxygens (including phenoxy) is 2. The number of halogens is 1. The largest absolute Gasteiger partial charge is 0.605 e. The van der Waals surface area contributed by atoms with Crippen LogP contribution < -0.4 is 15.4 Å². The Bertz CT molecular complexity index is 1710. The quantitative estimate of drug-likeness (QED) is 0.177. The lowest BCUT2D eigenvalue weighted by atomic mass is 10.0. The van der Waals surface area contributed by atoms with Crippen molar-refractivity contribution in [3.63, 3.8) is 0 Å². The number of rotatable bonds is 7. The van der Waals surface area contributed by atoms with Gasteiger partial charge in [0.2, 0.25) is 17.4 Å². The van der Waals surface area contributed by atoms with Crippen molar-refractivity contribution in [3.05, 3.63) is 47.7 Å². The molecule has 1 saturated heterocycles. The van der Waals surface area contributed by atoms with Crippen molar-refractivity contribution >= 4 is 63.3 Å². The molecule has 2 aromatic rings. The van der Waals surface area contributed by atoms with Crippen molar-refractivity contribution in [2.24, 2.45) is 5.92 Å². The van der Waals surface area contributed by atoms with Crippen LogP contribution in [0.15, 0.2) is 36.4 Å². The molecule has 1 unspecified atom stereocenters. The first-order valence-corrected chi connectivity index (χ1v) is 18.6. The Labute approximate surface area is 299 Å². The highest BCUT2D eigenvalue weighted by molar-refractivity contribution is 9.09. The Hall–Kier alpha value is -4.13. The van der Waals surface area contributed by atoms with Crippen LogP contribution in [0.4, 0.5) is 4.79 Å². The molecule has 1 aromatic carbocycles. The number of amides is 3. The Morgan fingerprint density at radius 2 is 1.90 bits per heavy atom. The Balaban J connectivity index is 1.32. The number of fused-ring (bicyclic) bond motifs is 3. The maximum absolute atomic E-state index is 14.4. The van der Waals surface area contributed by atoms with Gasteiger partial charge in [0, 0.05) is 23.8 Å². The zero-order chi connectivity index (χ0) is 35.4. The summed E-state index contributed by atoms with van der Waals surface area (Å²) in [7, 11) is 0. The van der Waals surface area contributed by atoms with E-state index in [1.165, 1.54) is 4.90 Å². The van der Waals surface area contributed by atoms with Crippen LogP contribution in [0.5, 0.6) is 5.75 Å². The molecular weight excluding hydrogens is 708 g/mol. The number of nitrogens with zero attached hydrogens (tertiary/aromatic N) is 2. The fraction of sp³-hybridized carbons (Fsp3) is 0.541. The van der Waals surface area contributed by atoms with Gasteiger partial charge in [-0.2, -0.15) is 0 Å². The van der Waals surface area contributed by atoms with E-state index in [1.807, 2.05) is 37.3 Å². The van der Waals surface area contributed by atoms with E-state index >= 15 is 0 Å². The molecule has 266 valence electrons. The Kier molecular flexibility index (Phi) is 11.0. The fourth-order valence-corrected chi connectivity index (χ4v) is 7.73. The molecule has 13 heteroatoms. The highest BCUT2D eigenvalue weighted by Crippen LogP contribution is 2.46. The van der Waals surface area contributed by atoms with Gasteiger partial charge in [-0.25, -0.2) is 9.78 Å². The van der Waals surface area contributed by atoms with Crippen molar-refractivity contribution in [1.29, 1.82) is 0 Å². The zero-order valence-corrected chi connectivity index (χ0v) is 29.9. The first-order valence-electron chi connectivity index (χ1n) is 17.5. The summed E-state index contributed by atoms with van der Waals surface area (Å²) < 4.78 is 17.1. The molecule has 50 heavy (non-hydrogen) atoms. The standard InChI is InChI=1S/C37H43BrN4O8/c1-22-11-10-15-26-31(18-28(30(43)20-38)39-32(22)26)49-25-17-29-33(44)41-37(35(46)48-2)19-23(37)12-6-4-3-5-7-16-27(34(45)42(29)21-25)40-36(47)50-24-13-8-9-14-24/h6,10-12,15,18,23-25,27,29H,2-5,7-9,13-14,16-17,19-21H2,1H3,(H-,40,41,44,47)/p+1/b12-6-/t23?,25-,27+,29+,37-/m1/s1. The molecule has 2 aliphatic heterocycles. The topological polar surface area (TPSA) is 155 Å². The average molecular weight is 753 g/mol. The summed E-state index contributed by atoms with van der Waals surface area (Å²) in [4.78, 5) is 73.4. The van der Waals surface area contributed by atoms with E-state index in [9.17, 15) is 24.0 Å². The summed E-state index contributed by atoms with van der Waals surface area (Å²) in [5.41, 5.74) is 0.420. The maximum Gasteiger partial charge on any atom is 0.605 e. The predicted molar refractivity (Wildman–Crippen MR) is 188 cm³/mol. The number of carbonyl (C=O) groups is 5. The summed E-state index contributed by atoms with van der Waals surface area (Å²) in [6.45, 7) is 5.23. The van der Waals surface area contributed by atoms with Gasteiger partial charge in [-0.05, 0) is 69.9 Å². The van der Waals surface area contributed by atoms with Gasteiger partial charge in [0.05, 0.1) is 22.2 Å². The van der Waals surface area contributed by atoms with E-state index in [0.29, 0.717) is 35.9 Å². The van der Waals surface area contributed by atoms with Gasteiger partial charge in [0.15, 0.2) is 12.6 Å². The number of allylic oxidation sites excluding steroid dienone is 1. The summed E-state index contributed by atoms with van der Waals surface area (Å²) in [5.74, 6) is -1.69. The fourth-order valence-electron chi connectivity index (χ4n) is 7.45. The van der Waals surface area contributed by atoms with Crippen LogP contribution in [0, 0.1) is 12.8 Å². The van der Waals surface area contributed by atoms with Crippen LogP contribution in [0.2, 0.25) is 0 Å². The minimum Gasteiger partial charge on any atom is -0.488 e. The van der Waals surface area contributed by atoms with Gasteiger partial charge in [-0.15, -0.1) is 0 Å².